The van der Waals surface area contributed by atoms with Crippen LogP contribution in [0.2, 0.25) is 5.28 Å². The highest BCUT2D eigenvalue weighted by Crippen LogP contribution is 2.25. The van der Waals surface area contributed by atoms with E-state index >= 15 is 0 Å². The van der Waals surface area contributed by atoms with Gasteiger partial charge in [-0.25, -0.2) is 4.98 Å². The van der Waals surface area contributed by atoms with Gasteiger partial charge in [-0.15, -0.1) is 0 Å². The van der Waals surface area contributed by atoms with Gasteiger partial charge in [0.05, 0.1) is 11.1 Å². The van der Waals surface area contributed by atoms with Crippen LogP contribution in [0.4, 0.5) is 5.82 Å². The Kier molecular flexibility index (Phi) is 3.83. The lowest BCUT2D eigenvalue weighted by molar-refractivity contribution is 0.100. The number of carbonyl (C=O) groups is 2. The summed E-state index contributed by atoms with van der Waals surface area (Å²) in [4.78, 5) is 30.8. The summed E-state index contributed by atoms with van der Waals surface area (Å²) in [5.41, 5.74) is 8.36. The van der Waals surface area contributed by atoms with Crippen LogP contribution in [0.1, 0.15) is 33.3 Å². The van der Waals surface area contributed by atoms with Gasteiger partial charge in [0.1, 0.15) is 17.8 Å². The minimum atomic E-state index is -0.108. The van der Waals surface area contributed by atoms with Crippen molar-refractivity contribution in [2.24, 2.45) is 0 Å². The molecule has 7 heteroatoms. The molecule has 0 bridgehead atoms. The van der Waals surface area contributed by atoms with Gasteiger partial charge in [0.25, 0.3) is 0 Å². The van der Waals surface area contributed by atoms with Crippen LogP contribution >= 0.6 is 11.6 Å². The number of fused-ring (bicyclic) bond motifs is 1. The number of benzene rings is 1. The highest BCUT2D eigenvalue weighted by molar-refractivity contribution is 6.28. The average Bonchev–Trinajstić information content (AvgIpc) is 2.87. The molecule has 6 nitrogen and oxygen atoms in total. The first kappa shape index (κ1) is 15.2. The van der Waals surface area contributed by atoms with Gasteiger partial charge in [-0.1, -0.05) is 24.3 Å². The van der Waals surface area contributed by atoms with Crippen molar-refractivity contribution in [2.45, 2.75) is 13.5 Å². The smallest absolute Gasteiger partial charge is 0.226 e. The second kappa shape index (κ2) is 5.81. The third-order valence-corrected chi connectivity index (χ3v) is 3.74. The standard InChI is InChI=1S/C16H13ClN4O2/c1-9(23)13-6-12-14(18)19-16(17)20-15(12)21(13)7-10-2-4-11(8-22)5-3-10/h2-6,8H,7H2,1H3,(H2,18,19,20). The maximum atomic E-state index is 11.9. The maximum absolute atomic E-state index is 11.9. The molecule has 0 saturated heterocycles. The summed E-state index contributed by atoms with van der Waals surface area (Å²) in [5, 5.41) is 0.616. The number of nitrogens with two attached hydrogens (primary N) is 1. The summed E-state index contributed by atoms with van der Waals surface area (Å²) in [6.07, 6.45) is 0.781. The fourth-order valence-electron chi connectivity index (χ4n) is 2.46. The molecule has 3 aromatic rings. The lowest BCUT2D eigenvalue weighted by atomic mass is 10.1. The van der Waals surface area contributed by atoms with Crippen LogP contribution in [0.25, 0.3) is 11.0 Å². The van der Waals surface area contributed by atoms with Crippen LogP contribution in [-0.4, -0.2) is 26.6 Å². The van der Waals surface area contributed by atoms with Crippen molar-refractivity contribution in [1.29, 1.82) is 0 Å². The molecule has 0 aliphatic rings. The van der Waals surface area contributed by atoms with Crippen molar-refractivity contribution in [1.82, 2.24) is 14.5 Å². The quantitative estimate of drug-likeness (QED) is 0.451. The molecule has 2 aromatic heterocycles. The number of ketones is 1. The first-order valence-electron chi connectivity index (χ1n) is 6.87. The molecule has 23 heavy (non-hydrogen) atoms. The number of carbonyl (C=O) groups excluding carboxylic acids is 2. The van der Waals surface area contributed by atoms with E-state index in [1.54, 1.807) is 22.8 Å². The molecule has 2 N–H and O–H groups in total. The summed E-state index contributed by atoms with van der Waals surface area (Å²) >= 11 is 5.89. The Morgan fingerprint density at radius 3 is 2.61 bits per heavy atom. The Bertz CT molecular complexity index is 916. The molecule has 0 spiro atoms. The first-order chi connectivity index (χ1) is 11.0. The number of nitrogens with zero attached hydrogens (tertiary/aromatic N) is 3. The number of hydrogen-bond donors (Lipinski definition) is 1. The number of nitrogen functional groups attached to an aromatic ring is 1. The molecule has 0 amide bonds. The number of hydrogen-bond acceptors (Lipinski definition) is 5. The van der Waals surface area contributed by atoms with E-state index in [1.807, 2.05) is 12.1 Å². The summed E-state index contributed by atoms with van der Waals surface area (Å²) in [6.45, 7) is 1.88. The van der Waals surface area contributed by atoms with Gasteiger partial charge in [-0.3, -0.25) is 9.59 Å². The Morgan fingerprint density at radius 1 is 1.30 bits per heavy atom. The third-order valence-electron chi connectivity index (χ3n) is 3.57. The van der Waals surface area contributed by atoms with Gasteiger partial charge in [-0.2, -0.15) is 4.98 Å². The van der Waals surface area contributed by atoms with E-state index in [9.17, 15) is 9.59 Å². The first-order valence-corrected chi connectivity index (χ1v) is 7.24. The van der Waals surface area contributed by atoms with Gasteiger partial charge >= 0.3 is 0 Å². The summed E-state index contributed by atoms with van der Waals surface area (Å²) < 4.78 is 1.75. The van der Waals surface area contributed by atoms with Crippen LogP contribution < -0.4 is 5.73 Å². The summed E-state index contributed by atoms with van der Waals surface area (Å²) in [5.74, 6) is 0.126. The Morgan fingerprint density at radius 2 is 2.00 bits per heavy atom. The number of Topliss-reactive ketones (excluding diaryl/α,β-unsaturated/α-hetero) is 1. The van der Waals surface area contributed by atoms with Gasteiger partial charge in [-0.05, 0) is 23.2 Å². The molecular weight excluding hydrogens is 316 g/mol. The van der Waals surface area contributed by atoms with Crippen molar-refractivity contribution >= 4 is 40.5 Å². The molecule has 0 aliphatic carbocycles. The Labute approximate surface area is 136 Å². The predicted molar refractivity (Wildman–Crippen MR) is 87.9 cm³/mol. The second-order valence-corrected chi connectivity index (χ2v) is 5.48. The lowest BCUT2D eigenvalue weighted by Crippen LogP contribution is -2.08. The molecule has 0 atom stereocenters. The minimum Gasteiger partial charge on any atom is -0.383 e. The fourth-order valence-corrected chi connectivity index (χ4v) is 2.63. The van der Waals surface area contributed by atoms with Crippen molar-refractivity contribution < 1.29 is 9.59 Å². The van der Waals surface area contributed by atoms with E-state index in [4.69, 9.17) is 17.3 Å². The highest BCUT2D eigenvalue weighted by Gasteiger charge is 2.17. The summed E-state index contributed by atoms with van der Waals surface area (Å²) in [7, 11) is 0. The number of aromatic nitrogens is 3. The molecule has 0 fully saturated rings. The zero-order chi connectivity index (χ0) is 16.6. The zero-order valence-electron chi connectivity index (χ0n) is 12.3. The molecular formula is C16H13ClN4O2. The molecule has 116 valence electrons. The maximum Gasteiger partial charge on any atom is 0.226 e. The van der Waals surface area contributed by atoms with Crippen LogP contribution in [0.15, 0.2) is 30.3 Å². The molecule has 1 aromatic carbocycles. The highest BCUT2D eigenvalue weighted by atomic mass is 35.5. The van der Waals surface area contributed by atoms with E-state index in [0.29, 0.717) is 28.8 Å². The molecule has 0 unspecified atom stereocenters. The third kappa shape index (κ3) is 2.80. The van der Waals surface area contributed by atoms with Gasteiger partial charge in [0, 0.05) is 19.0 Å². The molecule has 3 rings (SSSR count). The Hall–Kier alpha value is -2.73. The molecule has 0 aliphatic heterocycles. The van der Waals surface area contributed by atoms with Crippen molar-refractivity contribution in [2.75, 3.05) is 5.73 Å². The SMILES string of the molecule is CC(=O)c1cc2c(N)nc(Cl)nc2n1Cc1ccc(C=O)cc1. The topological polar surface area (TPSA) is 90.9 Å². The number of aldehydes is 1. The number of halogens is 1. The van der Waals surface area contributed by atoms with Crippen molar-refractivity contribution in [3.05, 3.63) is 52.4 Å². The van der Waals surface area contributed by atoms with Gasteiger partial charge in [0.2, 0.25) is 5.28 Å². The normalized spacial score (nSPS) is 10.9. The van der Waals surface area contributed by atoms with Gasteiger partial charge in [0.15, 0.2) is 5.78 Å². The monoisotopic (exact) mass is 328 g/mol. The van der Waals surface area contributed by atoms with Crippen LogP contribution in [0.3, 0.4) is 0 Å². The van der Waals surface area contributed by atoms with E-state index in [-0.39, 0.29) is 16.9 Å². The van der Waals surface area contributed by atoms with Crippen molar-refractivity contribution in [3.8, 4) is 0 Å². The van der Waals surface area contributed by atoms with Crippen molar-refractivity contribution in [3.63, 3.8) is 0 Å². The Balaban J connectivity index is 2.15. The van der Waals surface area contributed by atoms with E-state index < -0.39 is 0 Å². The minimum absolute atomic E-state index is 0.0285. The van der Waals surface area contributed by atoms with E-state index in [1.165, 1.54) is 6.92 Å². The van der Waals surface area contributed by atoms with E-state index in [0.717, 1.165) is 11.8 Å². The number of rotatable bonds is 4. The van der Waals surface area contributed by atoms with E-state index in [2.05, 4.69) is 9.97 Å². The number of anilines is 1. The average molecular weight is 329 g/mol. The molecule has 2 heterocycles. The van der Waals surface area contributed by atoms with Gasteiger partial charge < -0.3 is 10.3 Å². The predicted octanol–water partition coefficient (Wildman–Crippen LogP) is 2.73. The lowest BCUT2D eigenvalue weighted by Gasteiger charge is -2.09. The molecule has 0 radical (unpaired) electrons. The van der Waals surface area contributed by atoms with Crippen LogP contribution in [0, 0.1) is 0 Å². The van der Waals surface area contributed by atoms with Crippen LogP contribution in [-0.2, 0) is 6.54 Å². The largest absolute Gasteiger partial charge is 0.383 e. The fraction of sp³-hybridized carbons (Fsp3) is 0.125. The second-order valence-electron chi connectivity index (χ2n) is 5.15. The van der Waals surface area contributed by atoms with Crippen LogP contribution in [0.5, 0.6) is 0 Å². The molecule has 0 saturated carbocycles. The zero-order valence-corrected chi connectivity index (χ0v) is 13.0. The summed E-state index contributed by atoms with van der Waals surface area (Å²) in [6, 6.07) is 8.76.